The Morgan fingerprint density at radius 1 is 0.250 bits per heavy atom. The first-order valence-electron chi connectivity index (χ1n) is 41.3. The molecule has 0 saturated carbocycles. The summed E-state index contributed by atoms with van der Waals surface area (Å²) in [5.74, 6) is -2.44. The zero-order valence-electron chi connectivity index (χ0n) is 68.5. The van der Waals surface area contributed by atoms with Gasteiger partial charge in [-0.25, -0.2) is 9.13 Å². The second kappa shape index (κ2) is 81.9. The Morgan fingerprint density at radius 2 is 0.464 bits per heavy atom. The molecule has 0 spiro atoms. The van der Waals surface area contributed by atoms with E-state index >= 15 is 0 Å². The molecule has 0 rings (SSSR count). The van der Waals surface area contributed by atoms with Crippen LogP contribution < -0.4 is 0 Å². The fourth-order valence-electron chi connectivity index (χ4n) is 9.71. The van der Waals surface area contributed by atoms with Crippen molar-refractivity contribution in [3.05, 3.63) is 243 Å². The van der Waals surface area contributed by atoms with E-state index in [9.17, 15) is 43.2 Å². The SMILES string of the molecule is CC/C=C\C/C=C\C/C=C\C/C=C\C/C=C\C/C=C\CCC(=O)OCC(COP(=O)(O)OCC(O)COP(=O)(O)OCC(COC(=O)CCC/C=C\C/C=C\C/C=C\C/C=C\C/C=C\CC)OC(=O)CCCCCC/C=C\C/C=C\C/C=C\C/C=C\CC)OC(=O)CCCCC/C=C\C/C=C\C/C=C\C/C=C\C/C=C\CC. The minimum absolute atomic E-state index is 0.0155. The van der Waals surface area contributed by atoms with Gasteiger partial charge in [-0.2, -0.15) is 0 Å². The first-order chi connectivity index (χ1) is 54.7. The van der Waals surface area contributed by atoms with E-state index in [-0.39, 0.29) is 25.7 Å². The molecule has 0 aromatic heterocycles. The number of ether oxygens (including phenoxy) is 4. The van der Waals surface area contributed by atoms with Gasteiger partial charge in [0.15, 0.2) is 12.2 Å². The van der Waals surface area contributed by atoms with Crippen LogP contribution in [0.15, 0.2) is 243 Å². The van der Waals surface area contributed by atoms with Gasteiger partial charge in [-0.05, 0) is 186 Å². The van der Waals surface area contributed by atoms with Crippen molar-refractivity contribution in [2.24, 2.45) is 0 Å². The molecule has 17 nitrogen and oxygen atoms in total. The van der Waals surface area contributed by atoms with Crippen LogP contribution in [0, 0.1) is 0 Å². The molecule has 0 saturated heterocycles. The highest BCUT2D eigenvalue weighted by atomic mass is 31.2. The topological polar surface area (TPSA) is 237 Å². The van der Waals surface area contributed by atoms with E-state index in [2.05, 4.69) is 240 Å². The van der Waals surface area contributed by atoms with Crippen molar-refractivity contribution in [3.8, 4) is 0 Å². The van der Waals surface area contributed by atoms with Gasteiger partial charge in [-0.15, -0.1) is 0 Å². The summed E-state index contributed by atoms with van der Waals surface area (Å²) in [5, 5.41) is 10.7. The highest BCUT2D eigenvalue weighted by Crippen LogP contribution is 2.45. The van der Waals surface area contributed by atoms with Crippen LogP contribution in [0.5, 0.6) is 0 Å². The number of rotatable bonds is 74. The van der Waals surface area contributed by atoms with Gasteiger partial charge in [0.2, 0.25) is 0 Å². The van der Waals surface area contributed by atoms with E-state index in [4.69, 9.17) is 37.0 Å². The number of esters is 4. The predicted octanol–water partition coefficient (Wildman–Crippen LogP) is 24.8. The second-order valence-electron chi connectivity index (χ2n) is 26.2. The Morgan fingerprint density at radius 3 is 0.750 bits per heavy atom. The molecule has 3 N–H and O–H groups in total. The smallest absolute Gasteiger partial charge is 0.462 e. The van der Waals surface area contributed by atoms with Crippen molar-refractivity contribution in [2.45, 2.75) is 277 Å². The average Bonchev–Trinajstić information content (AvgIpc) is 0.898. The maximum Gasteiger partial charge on any atom is 0.472 e. The largest absolute Gasteiger partial charge is 0.472 e. The number of hydrogen-bond acceptors (Lipinski definition) is 15. The van der Waals surface area contributed by atoms with E-state index < -0.39 is 97.5 Å². The summed E-state index contributed by atoms with van der Waals surface area (Å²) in [5.41, 5.74) is 0. The molecule has 0 aromatic carbocycles. The standard InChI is InChI=1S/C93H142O17P2/c1-5-9-13-17-21-25-29-33-37-41-43-47-50-54-58-62-66-70-74-78-91(96)104-84-89(110-93(98)80-76-72-68-64-60-56-52-48-44-42-38-34-30-26-22-18-14-10-6-2)86-108-112(101,102)106-82-87(94)81-105-111(99,100)107-85-88(109-92(97)79-75-71-67-63-59-55-51-46-40-36-32-28-24-20-16-12-8-4)83-103-90(95)77-73-69-65-61-57-53-49-45-39-35-31-27-23-19-15-11-7-3/h9-16,21-28,33-40,43-44,47-49,51,53-56,58,60-61,65-66,70,87-89,94H,5-8,17-20,29-32,41-42,45-46,50,52,57,59,62-64,67-69,71-86H2,1-4H3,(H,99,100)(H,101,102)/b13-9-,14-10-,15-11-,16-12-,25-21-,26-22-,27-23-,28-24-,37-33-,38-34-,39-35-,40-36-,47-43-,48-44-,53-49-,55-51-,58-54-,60-56-,65-61-,70-66-. The van der Waals surface area contributed by atoms with Crippen LogP contribution in [-0.2, 0) is 65.4 Å². The summed E-state index contributed by atoms with van der Waals surface area (Å²) in [6, 6.07) is 0. The number of aliphatic hydroxyl groups excluding tert-OH is 1. The van der Waals surface area contributed by atoms with Crippen LogP contribution in [0.3, 0.4) is 0 Å². The summed E-state index contributed by atoms with van der Waals surface area (Å²) in [6.45, 7) is 4.16. The lowest BCUT2D eigenvalue weighted by Crippen LogP contribution is -2.30. The summed E-state index contributed by atoms with van der Waals surface area (Å²) in [4.78, 5) is 73.2. The molecule has 0 fully saturated rings. The molecule has 0 aliphatic heterocycles. The molecule has 0 aliphatic carbocycles. The molecule has 0 bridgehead atoms. The second-order valence-corrected chi connectivity index (χ2v) is 29.1. The molecule has 5 atom stereocenters. The van der Waals surface area contributed by atoms with E-state index in [0.717, 1.165) is 167 Å². The molecule has 5 unspecified atom stereocenters. The van der Waals surface area contributed by atoms with Crippen LogP contribution in [0.25, 0.3) is 0 Å². The lowest BCUT2D eigenvalue weighted by Gasteiger charge is -2.21. The van der Waals surface area contributed by atoms with Gasteiger partial charge in [-0.1, -0.05) is 290 Å². The number of carbonyl (C=O) groups is 4. The maximum atomic E-state index is 13.1. The minimum Gasteiger partial charge on any atom is -0.462 e. The van der Waals surface area contributed by atoms with Crippen LogP contribution in [0.4, 0.5) is 0 Å². The summed E-state index contributed by atoms with van der Waals surface area (Å²) in [7, 11) is -10.1. The molecule has 0 radical (unpaired) electrons. The van der Waals surface area contributed by atoms with Gasteiger partial charge >= 0.3 is 39.5 Å². The highest BCUT2D eigenvalue weighted by molar-refractivity contribution is 7.47. The maximum absolute atomic E-state index is 13.1. The van der Waals surface area contributed by atoms with E-state index in [1.54, 1.807) is 0 Å². The van der Waals surface area contributed by atoms with Crippen molar-refractivity contribution < 1.29 is 80.2 Å². The Hall–Kier alpha value is -7.14. The summed E-state index contributed by atoms with van der Waals surface area (Å²) in [6.07, 6.45) is 107. The van der Waals surface area contributed by atoms with Crippen molar-refractivity contribution in [1.29, 1.82) is 0 Å². The highest BCUT2D eigenvalue weighted by Gasteiger charge is 2.30. The zero-order chi connectivity index (χ0) is 81.7. The minimum atomic E-state index is -5.03. The van der Waals surface area contributed by atoms with E-state index in [1.165, 1.54) is 0 Å². The normalized spacial score (nSPS) is 15.0. The van der Waals surface area contributed by atoms with Gasteiger partial charge in [0.05, 0.1) is 26.4 Å². The number of allylic oxidation sites excluding steroid dienone is 40. The zero-order valence-corrected chi connectivity index (χ0v) is 70.3. The quantitative estimate of drug-likeness (QED) is 0.0169. The Bertz CT molecular complexity index is 3090. The first kappa shape index (κ1) is 105. The fraction of sp³-hybridized carbons (Fsp3) is 0.527. The molecule has 0 heterocycles. The predicted molar refractivity (Wildman–Crippen MR) is 463 cm³/mol. The Kier molecular flexibility index (Phi) is 76.6. The number of aliphatic hydroxyl groups is 1. The number of unbranched alkanes of at least 4 members (excludes halogenated alkanes) is 8. The fourth-order valence-corrected chi connectivity index (χ4v) is 11.3. The van der Waals surface area contributed by atoms with Gasteiger partial charge in [0, 0.05) is 25.7 Å². The summed E-state index contributed by atoms with van der Waals surface area (Å²) >= 11 is 0. The number of phosphoric acid groups is 2. The van der Waals surface area contributed by atoms with Crippen molar-refractivity contribution in [2.75, 3.05) is 39.6 Å². The van der Waals surface area contributed by atoms with Gasteiger partial charge in [-0.3, -0.25) is 37.3 Å². The van der Waals surface area contributed by atoms with Crippen LogP contribution >= 0.6 is 15.6 Å². The number of phosphoric ester groups is 2. The van der Waals surface area contributed by atoms with E-state index in [1.807, 2.05) is 30.4 Å². The van der Waals surface area contributed by atoms with Gasteiger partial charge in [0.25, 0.3) is 0 Å². The number of hydrogen-bond donors (Lipinski definition) is 3. The first-order valence-corrected chi connectivity index (χ1v) is 44.3. The third-order valence-corrected chi connectivity index (χ3v) is 17.7. The Balaban J connectivity index is 5.60. The average molecular weight is 1590 g/mol. The molecule has 112 heavy (non-hydrogen) atoms. The molecule has 0 amide bonds. The monoisotopic (exact) mass is 1590 g/mol. The third kappa shape index (κ3) is 80.9. The van der Waals surface area contributed by atoms with Crippen LogP contribution in [-0.4, -0.2) is 96.7 Å². The molecule has 19 heteroatoms. The molecule has 626 valence electrons. The van der Waals surface area contributed by atoms with Crippen molar-refractivity contribution >= 4 is 39.5 Å². The number of carbonyl (C=O) groups excluding carboxylic acids is 4. The van der Waals surface area contributed by atoms with Crippen molar-refractivity contribution in [1.82, 2.24) is 0 Å². The molecule has 0 aliphatic rings. The van der Waals surface area contributed by atoms with Gasteiger partial charge in [0.1, 0.15) is 19.3 Å². The molecular weight excluding hydrogens is 1450 g/mol. The Labute approximate surface area is 676 Å². The third-order valence-electron chi connectivity index (χ3n) is 15.8. The van der Waals surface area contributed by atoms with Crippen molar-refractivity contribution in [3.63, 3.8) is 0 Å². The molecule has 0 aromatic rings. The van der Waals surface area contributed by atoms with Gasteiger partial charge < -0.3 is 33.8 Å². The van der Waals surface area contributed by atoms with E-state index in [0.29, 0.717) is 38.5 Å². The lowest BCUT2D eigenvalue weighted by atomic mass is 10.1. The van der Waals surface area contributed by atoms with Crippen LogP contribution in [0.2, 0.25) is 0 Å². The van der Waals surface area contributed by atoms with Crippen LogP contribution in [0.1, 0.15) is 259 Å². The molecular formula is C93H142O17P2. The summed E-state index contributed by atoms with van der Waals surface area (Å²) < 4.78 is 68.5. The lowest BCUT2D eigenvalue weighted by molar-refractivity contribution is -0.161.